The van der Waals surface area contributed by atoms with Crippen molar-refractivity contribution in [1.29, 1.82) is 0 Å². The molecule has 0 saturated heterocycles. The summed E-state index contributed by atoms with van der Waals surface area (Å²) in [5.74, 6) is 0. The predicted octanol–water partition coefficient (Wildman–Crippen LogP) is 1.03. The van der Waals surface area contributed by atoms with Crippen molar-refractivity contribution in [2.24, 2.45) is 0 Å². The second-order valence-electron chi connectivity index (χ2n) is 0.986. The van der Waals surface area contributed by atoms with E-state index in [9.17, 15) is 9.59 Å². The van der Waals surface area contributed by atoms with Gasteiger partial charge in [0.15, 0.2) is 0 Å². The summed E-state index contributed by atoms with van der Waals surface area (Å²) in [6.07, 6.45) is -1.64. The zero-order chi connectivity index (χ0) is 8.15. The van der Waals surface area contributed by atoms with Gasteiger partial charge in [-0.25, -0.2) is 9.59 Å². The van der Waals surface area contributed by atoms with Crippen molar-refractivity contribution in [3.63, 3.8) is 0 Å². The molecule has 0 saturated carbocycles. The first kappa shape index (κ1) is 9.18. The van der Waals surface area contributed by atoms with E-state index in [1.807, 2.05) is 0 Å². The van der Waals surface area contributed by atoms with Crippen molar-refractivity contribution < 1.29 is 24.2 Å². The Hall–Kier alpha value is -0.820. The van der Waals surface area contributed by atoms with Gasteiger partial charge in [0.05, 0.1) is 0 Å². The fraction of sp³-hybridized carbons (Fsp3) is 0. The van der Waals surface area contributed by atoms with Gasteiger partial charge in [-0.2, -0.15) is 0 Å². The molecule has 0 aromatic carbocycles. The number of hydrogen-bond donors (Lipinski definition) is 2. The summed E-state index contributed by atoms with van der Waals surface area (Å²) in [4.78, 5) is 19.6. The number of hydrogen-bond acceptors (Lipinski definition) is 5. The van der Waals surface area contributed by atoms with Gasteiger partial charge in [-0.1, -0.05) is 12.6 Å². The summed E-state index contributed by atoms with van der Waals surface area (Å²) in [5.41, 5.74) is 0. The van der Waals surface area contributed by atoms with Crippen LogP contribution in [0.4, 0.5) is 9.59 Å². The fourth-order valence-corrected chi connectivity index (χ4v) is 0.455. The molecule has 0 bridgehead atoms. The molecular formula is C3H2O5S2. The van der Waals surface area contributed by atoms with Crippen molar-refractivity contribution in [3.05, 3.63) is 0 Å². The summed E-state index contributed by atoms with van der Waals surface area (Å²) < 4.78 is 7.63. The van der Waals surface area contributed by atoms with Crippen LogP contribution in [0.15, 0.2) is 0 Å². The summed E-state index contributed by atoms with van der Waals surface area (Å²) in [6.45, 7) is 0. The molecule has 0 heterocycles. The van der Waals surface area contributed by atoms with Crippen LogP contribution in [0.3, 0.4) is 0 Å². The normalized spacial score (nSPS) is 8.10. The van der Waals surface area contributed by atoms with Crippen LogP contribution in [-0.4, -0.2) is 21.8 Å². The first-order valence-electron chi connectivity index (χ1n) is 1.88. The lowest BCUT2D eigenvalue weighted by molar-refractivity contribution is 0.128. The Morgan fingerprint density at radius 1 is 1.40 bits per heavy atom. The van der Waals surface area contributed by atoms with E-state index < -0.39 is 16.7 Å². The largest absolute Gasteiger partial charge is 0.514 e. The van der Waals surface area contributed by atoms with Crippen LogP contribution in [0.5, 0.6) is 0 Å². The molecule has 0 aliphatic rings. The number of carbonyl (C=O) groups is 2. The lowest BCUT2D eigenvalue weighted by atomic mass is 11.3. The SMILES string of the molecule is O=C(O)OC(=S)OC(=O)S. The van der Waals surface area contributed by atoms with E-state index in [0.29, 0.717) is 0 Å². The molecule has 0 aromatic rings. The second-order valence-corrected chi connectivity index (χ2v) is 1.68. The Kier molecular flexibility index (Phi) is 3.74. The minimum absolute atomic E-state index is 0.785. The van der Waals surface area contributed by atoms with Gasteiger partial charge in [0.25, 0.3) is 0 Å². The Balaban J connectivity index is 3.65. The molecule has 7 heteroatoms. The minimum atomic E-state index is -1.64. The molecule has 0 unspecified atom stereocenters. The van der Waals surface area contributed by atoms with Crippen molar-refractivity contribution in [2.75, 3.05) is 0 Å². The third-order valence-corrected chi connectivity index (χ3v) is 0.599. The molecule has 0 fully saturated rings. The standard InChI is InChI=1S/C3H2O5S2/c4-1(5)7-3(10)8-2(6)9/h(H,4,5)(H,6,9). The highest BCUT2D eigenvalue weighted by atomic mass is 32.1. The van der Waals surface area contributed by atoms with Crippen molar-refractivity contribution in [1.82, 2.24) is 0 Å². The summed E-state index contributed by atoms with van der Waals surface area (Å²) in [5, 5.41) is 6.06. The van der Waals surface area contributed by atoms with Crippen LogP contribution >= 0.6 is 24.8 Å². The number of thiol groups is 1. The molecule has 0 spiro atoms. The van der Waals surface area contributed by atoms with E-state index in [1.54, 1.807) is 0 Å². The van der Waals surface area contributed by atoms with Crippen LogP contribution < -0.4 is 0 Å². The number of carboxylic acid groups (broad SMARTS) is 1. The van der Waals surface area contributed by atoms with Crippen LogP contribution in [0.25, 0.3) is 0 Å². The summed E-state index contributed by atoms with van der Waals surface area (Å²) >= 11 is 7.25. The molecule has 0 atom stereocenters. The quantitative estimate of drug-likeness (QED) is 0.331. The smallest absolute Gasteiger partial charge is 0.449 e. The average molecular weight is 182 g/mol. The molecule has 0 rings (SSSR count). The molecule has 1 N–H and O–H groups in total. The van der Waals surface area contributed by atoms with Gasteiger partial charge < -0.3 is 14.6 Å². The van der Waals surface area contributed by atoms with Crippen molar-refractivity contribution in [2.45, 2.75) is 0 Å². The molecule has 0 aromatic heterocycles. The van der Waals surface area contributed by atoms with Crippen LogP contribution in [-0.2, 0) is 9.47 Å². The predicted molar refractivity (Wildman–Crippen MR) is 37.2 cm³/mol. The maximum Gasteiger partial charge on any atom is 0.514 e. The average Bonchev–Trinajstić information content (AvgIpc) is 1.58. The van der Waals surface area contributed by atoms with Crippen LogP contribution in [0.1, 0.15) is 0 Å². The van der Waals surface area contributed by atoms with Gasteiger partial charge in [-0.05, 0) is 0 Å². The number of ether oxygens (including phenoxy) is 2. The number of carbonyl (C=O) groups excluding carboxylic acids is 1. The van der Waals surface area contributed by atoms with E-state index in [4.69, 9.17) is 5.11 Å². The first-order valence-corrected chi connectivity index (χ1v) is 2.73. The fourth-order valence-electron chi connectivity index (χ4n) is 0.163. The molecule has 0 radical (unpaired) electrons. The van der Waals surface area contributed by atoms with Gasteiger partial charge in [-0.3, -0.25) is 0 Å². The highest BCUT2D eigenvalue weighted by molar-refractivity contribution is 7.96. The first-order chi connectivity index (χ1) is 4.52. The van der Waals surface area contributed by atoms with Crippen LogP contribution in [0, 0.1) is 0 Å². The van der Waals surface area contributed by atoms with E-state index >= 15 is 0 Å². The van der Waals surface area contributed by atoms with Gasteiger partial charge in [0, 0.05) is 12.2 Å². The van der Waals surface area contributed by atoms with Gasteiger partial charge >= 0.3 is 16.7 Å². The molecule has 0 aliphatic heterocycles. The van der Waals surface area contributed by atoms with E-state index in [2.05, 4.69) is 34.3 Å². The molecule has 0 amide bonds. The topological polar surface area (TPSA) is 72.8 Å². The Morgan fingerprint density at radius 3 is 2.20 bits per heavy atom. The van der Waals surface area contributed by atoms with Gasteiger partial charge in [0.2, 0.25) is 0 Å². The second kappa shape index (κ2) is 4.07. The third-order valence-electron chi connectivity index (χ3n) is 0.341. The number of rotatable bonds is 0. The van der Waals surface area contributed by atoms with Crippen molar-refractivity contribution in [3.8, 4) is 0 Å². The highest BCUT2D eigenvalue weighted by Crippen LogP contribution is 1.91. The van der Waals surface area contributed by atoms with E-state index in [0.717, 1.165) is 0 Å². The Morgan fingerprint density at radius 2 is 1.90 bits per heavy atom. The summed E-state index contributed by atoms with van der Waals surface area (Å²) in [7, 11) is 0. The van der Waals surface area contributed by atoms with E-state index in [-0.39, 0.29) is 0 Å². The highest BCUT2D eigenvalue weighted by Gasteiger charge is 2.07. The summed E-state index contributed by atoms with van der Waals surface area (Å²) in [6, 6.07) is 0. The Bertz CT molecular complexity index is 158. The molecule has 10 heavy (non-hydrogen) atoms. The van der Waals surface area contributed by atoms with E-state index in [1.165, 1.54) is 0 Å². The molecule has 0 aliphatic carbocycles. The zero-order valence-electron chi connectivity index (χ0n) is 4.44. The van der Waals surface area contributed by atoms with Gasteiger partial charge in [0.1, 0.15) is 0 Å². The molecule has 5 nitrogen and oxygen atoms in total. The third kappa shape index (κ3) is 5.32. The maximum atomic E-state index is 9.92. The Labute approximate surface area is 66.3 Å². The number of thiocarbonyl (C=S) groups is 1. The molecule has 56 valence electrons. The van der Waals surface area contributed by atoms with Crippen molar-refractivity contribution >= 4 is 41.5 Å². The minimum Gasteiger partial charge on any atom is -0.449 e. The lowest BCUT2D eigenvalue weighted by Crippen LogP contribution is -2.12. The maximum absolute atomic E-state index is 9.92. The van der Waals surface area contributed by atoms with Gasteiger partial charge in [-0.15, -0.1) is 0 Å². The molecular weight excluding hydrogens is 180 g/mol. The zero-order valence-corrected chi connectivity index (χ0v) is 6.15. The lowest BCUT2D eigenvalue weighted by Gasteiger charge is -1.97. The van der Waals surface area contributed by atoms with Crippen LogP contribution in [0.2, 0.25) is 0 Å². The monoisotopic (exact) mass is 182 g/mol.